The second-order valence-corrected chi connectivity index (χ2v) is 4.42. The molecule has 0 saturated carbocycles. The van der Waals surface area contributed by atoms with Crippen LogP contribution in [0, 0.1) is 27.3 Å². The Morgan fingerprint density at radius 1 is 1.36 bits per heavy atom. The molecule has 0 aliphatic rings. The first kappa shape index (κ1) is 15.3. The van der Waals surface area contributed by atoms with E-state index in [1.54, 1.807) is 24.3 Å². The minimum atomic E-state index is -0.966. The number of hydrogen-bond donors (Lipinski definition) is 1. The summed E-state index contributed by atoms with van der Waals surface area (Å²) in [6.45, 7) is 0.249. The molecule has 22 heavy (non-hydrogen) atoms. The lowest BCUT2D eigenvalue weighted by Gasteiger charge is -2.10. The second-order valence-electron chi connectivity index (χ2n) is 4.42. The Bertz CT molecular complexity index is 739. The van der Waals surface area contributed by atoms with Gasteiger partial charge in [-0.3, -0.25) is 10.1 Å². The van der Waals surface area contributed by atoms with Crippen LogP contribution in [0.2, 0.25) is 0 Å². The number of hydrogen-bond acceptors (Lipinski definition) is 5. The number of benzene rings is 2. The minimum Gasteiger partial charge on any atom is -0.497 e. The molecule has 0 radical (unpaired) electrons. The molecule has 7 heteroatoms. The second kappa shape index (κ2) is 6.54. The molecule has 0 heterocycles. The van der Waals surface area contributed by atoms with Gasteiger partial charge < -0.3 is 10.1 Å². The van der Waals surface area contributed by atoms with Crippen molar-refractivity contribution in [3.05, 3.63) is 63.5 Å². The summed E-state index contributed by atoms with van der Waals surface area (Å²) in [6, 6.07) is 11.0. The fourth-order valence-electron chi connectivity index (χ4n) is 1.91. The van der Waals surface area contributed by atoms with Gasteiger partial charge in [-0.25, -0.2) is 0 Å². The first-order valence-electron chi connectivity index (χ1n) is 6.30. The predicted molar refractivity (Wildman–Crippen MR) is 78.1 cm³/mol. The summed E-state index contributed by atoms with van der Waals surface area (Å²) in [7, 11) is 1.35. The largest absolute Gasteiger partial charge is 0.497 e. The van der Waals surface area contributed by atoms with Gasteiger partial charge in [-0.2, -0.15) is 9.65 Å². The van der Waals surface area contributed by atoms with Crippen LogP contribution in [-0.2, 0) is 6.54 Å². The first-order valence-corrected chi connectivity index (χ1v) is 6.30. The lowest BCUT2D eigenvalue weighted by molar-refractivity contribution is -0.386. The molecule has 0 fully saturated rings. The number of nitriles is 1. The topological polar surface area (TPSA) is 88.2 Å². The van der Waals surface area contributed by atoms with E-state index >= 15 is 0 Å². The van der Waals surface area contributed by atoms with Crippen LogP contribution in [0.15, 0.2) is 36.4 Å². The van der Waals surface area contributed by atoms with Crippen LogP contribution in [0.1, 0.15) is 11.1 Å². The van der Waals surface area contributed by atoms with Crippen LogP contribution < -0.4 is 10.1 Å². The number of nitrogens with zero attached hydrogens (tertiary/aromatic N) is 2. The zero-order chi connectivity index (χ0) is 16.1. The van der Waals surface area contributed by atoms with Crippen LogP contribution in [0.5, 0.6) is 5.75 Å². The molecular weight excluding hydrogens is 289 g/mol. The van der Waals surface area contributed by atoms with Crippen molar-refractivity contribution >= 4 is 11.4 Å². The maximum Gasteiger partial charge on any atom is 0.327 e. The molecule has 0 bridgehead atoms. The Labute approximate surface area is 125 Å². The number of nitro groups is 1. The highest BCUT2D eigenvalue weighted by Crippen LogP contribution is 2.32. The number of halogens is 1. The van der Waals surface area contributed by atoms with Gasteiger partial charge in [0.2, 0.25) is 5.82 Å². The van der Waals surface area contributed by atoms with Gasteiger partial charge in [0.25, 0.3) is 0 Å². The molecular formula is C15H12FN3O3. The van der Waals surface area contributed by atoms with Crippen molar-refractivity contribution in [1.82, 2.24) is 0 Å². The molecule has 2 aromatic carbocycles. The molecule has 0 saturated heterocycles. The zero-order valence-corrected chi connectivity index (χ0v) is 11.7. The number of methoxy groups -OCH3 is 1. The van der Waals surface area contributed by atoms with Crippen molar-refractivity contribution in [2.24, 2.45) is 0 Å². The number of nitrogens with one attached hydrogen (secondary N) is 1. The van der Waals surface area contributed by atoms with E-state index in [1.807, 2.05) is 6.07 Å². The number of nitro benzene ring substituents is 1. The standard InChI is InChI=1S/C15H12FN3O3/c1-22-12-6-13(16)15(19(20)21)14(7-12)18-9-11-4-2-10(8-17)3-5-11/h2-7,18H,9H2,1H3. The third kappa shape index (κ3) is 3.30. The highest BCUT2D eigenvalue weighted by atomic mass is 19.1. The van der Waals surface area contributed by atoms with Gasteiger partial charge in [-0.1, -0.05) is 12.1 Å². The fraction of sp³-hybridized carbons (Fsp3) is 0.133. The van der Waals surface area contributed by atoms with Crippen LogP contribution in [0.4, 0.5) is 15.8 Å². The van der Waals surface area contributed by atoms with Crippen molar-refractivity contribution in [2.45, 2.75) is 6.54 Å². The average molecular weight is 301 g/mol. The molecule has 0 spiro atoms. The van der Waals surface area contributed by atoms with Crippen LogP contribution in [0.3, 0.4) is 0 Å². The lowest BCUT2D eigenvalue weighted by atomic mass is 10.1. The van der Waals surface area contributed by atoms with Crippen LogP contribution in [0.25, 0.3) is 0 Å². The maximum atomic E-state index is 13.8. The Balaban J connectivity index is 2.25. The summed E-state index contributed by atoms with van der Waals surface area (Å²) in [5.41, 5.74) is 0.722. The highest BCUT2D eigenvalue weighted by molar-refractivity contribution is 5.65. The molecule has 1 N–H and O–H groups in total. The summed E-state index contributed by atoms with van der Waals surface area (Å²) in [6.07, 6.45) is 0. The highest BCUT2D eigenvalue weighted by Gasteiger charge is 2.22. The van der Waals surface area contributed by atoms with Gasteiger partial charge in [0.05, 0.1) is 23.7 Å². The zero-order valence-electron chi connectivity index (χ0n) is 11.7. The van der Waals surface area contributed by atoms with Gasteiger partial charge >= 0.3 is 5.69 Å². The predicted octanol–water partition coefficient (Wildman–Crippen LogP) is 3.23. The Morgan fingerprint density at radius 3 is 2.59 bits per heavy atom. The van der Waals surface area contributed by atoms with E-state index in [0.717, 1.165) is 11.6 Å². The third-order valence-electron chi connectivity index (χ3n) is 3.02. The number of rotatable bonds is 5. The molecule has 2 aromatic rings. The van der Waals surface area contributed by atoms with Gasteiger partial charge in [-0.05, 0) is 17.7 Å². The first-order chi connectivity index (χ1) is 10.5. The van der Waals surface area contributed by atoms with Crippen LogP contribution in [-0.4, -0.2) is 12.0 Å². The van der Waals surface area contributed by atoms with Gasteiger partial charge in [0.15, 0.2) is 0 Å². The van der Waals surface area contributed by atoms with Crippen molar-refractivity contribution in [1.29, 1.82) is 5.26 Å². The molecule has 0 aromatic heterocycles. The fourth-order valence-corrected chi connectivity index (χ4v) is 1.91. The van der Waals surface area contributed by atoms with Crippen molar-refractivity contribution in [2.75, 3.05) is 12.4 Å². The molecule has 0 amide bonds. The normalized spacial score (nSPS) is 9.86. The summed E-state index contributed by atoms with van der Waals surface area (Å²) in [5, 5.41) is 22.5. The van der Waals surface area contributed by atoms with Crippen molar-refractivity contribution in [3.63, 3.8) is 0 Å². The van der Waals surface area contributed by atoms with E-state index in [4.69, 9.17) is 10.00 Å². The van der Waals surface area contributed by atoms with E-state index in [0.29, 0.717) is 5.56 Å². The average Bonchev–Trinajstić information content (AvgIpc) is 2.52. The molecule has 112 valence electrons. The van der Waals surface area contributed by atoms with Gasteiger partial charge in [0, 0.05) is 18.7 Å². The third-order valence-corrected chi connectivity index (χ3v) is 3.02. The van der Waals surface area contributed by atoms with Crippen molar-refractivity contribution in [3.8, 4) is 11.8 Å². The molecule has 0 aliphatic carbocycles. The van der Waals surface area contributed by atoms with E-state index in [-0.39, 0.29) is 18.0 Å². The van der Waals surface area contributed by atoms with Gasteiger partial charge in [0.1, 0.15) is 11.4 Å². The quantitative estimate of drug-likeness (QED) is 0.676. The summed E-state index contributed by atoms with van der Waals surface area (Å²) >= 11 is 0. The van der Waals surface area contributed by atoms with Crippen molar-refractivity contribution < 1.29 is 14.1 Å². The monoisotopic (exact) mass is 301 g/mol. The summed E-state index contributed by atoms with van der Waals surface area (Å²) in [4.78, 5) is 10.2. The van der Waals surface area contributed by atoms with E-state index in [1.165, 1.54) is 13.2 Å². The van der Waals surface area contributed by atoms with Crippen LogP contribution >= 0.6 is 0 Å². The SMILES string of the molecule is COc1cc(F)c([N+](=O)[O-])c(NCc2ccc(C#N)cc2)c1. The maximum absolute atomic E-state index is 13.8. The van der Waals surface area contributed by atoms with E-state index in [2.05, 4.69) is 5.32 Å². The molecule has 0 atom stereocenters. The minimum absolute atomic E-state index is 0.0335. The summed E-state index contributed by atoms with van der Waals surface area (Å²) < 4.78 is 18.7. The molecule has 2 rings (SSSR count). The molecule has 0 unspecified atom stereocenters. The Kier molecular flexibility index (Phi) is 4.53. The smallest absolute Gasteiger partial charge is 0.327 e. The molecule has 0 aliphatic heterocycles. The lowest BCUT2D eigenvalue weighted by Crippen LogP contribution is -2.05. The van der Waals surface area contributed by atoms with E-state index in [9.17, 15) is 14.5 Å². The number of ether oxygens (including phenoxy) is 1. The van der Waals surface area contributed by atoms with E-state index < -0.39 is 16.4 Å². The van der Waals surface area contributed by atoms with Gasteiger partial charge in [-0.15, -0.1) is 0 Å². The summed E-state index contributed by atoms with van der Waals surface area (Å²) in [5.74, 6) is -0.780. The number of anilines is 1. The molecule has 6 nitrogen and oxygen atoms in total. The Morgan fingerprint density at radius 2 is 2.05 bits per heavy atom. The Hall–Kier alpha value is -3.14.